The lowest BCUT2D eigenvalue weighted by molar-refractivity contribution is -0.146. The van der Waals surface area contributed by atoms with Crippen molar-refractivity contribution in [1.82, 2.24) is 5.09 Å². The van der Waals surface area contributed by atoms with Gasteiger partial charge in [0.1, 0.15) is 24.1 Å². The lowest BCUT2D eigenvalue weighted by Gasteiger charge is -2.24. The van der Waals surface area contributed by atoms with Crippen LogP contribution in [0.3, 0.4) is 0 Å². The first-order valence-electron chi connectivity index (χ1n) is 12.4. The first-order valence-corrected chi connectivity index (χ1v) is 14.0. The Morgan fingerprint density at radius 1 is 0.757 bits per heavy atom. The van der Waals surface area contributed by atoms with Gasteiger partial charge in [-0.3, -0.25) is 4.79 Å². The van der Waals surface area contributed by atoms with Gasteiger partial charge in [0.25, 0.3) is 0 Å². The van der Waals surface area contributed by atoms with Gasteiger partial charge in [-0.15, -0.1) is 0 Å². The zero-order chi connectivity index (χ0) is 27.3. The van der Waals surface area contributed by atoms with Gasteiger partial charge in [0.15, 0.2) is 0 Å². The monoisotopic (exact) mass is 523 g/mol. The fourth-order valence-electron chi connectivity index (χ4n) is 3.52. The van der Waals surface area contributed by atoms with E-state index in [0.29, 0.717) is 11.5 Å². The molecule has 0 aromatic heterocycles. The summed E-state index contributed by atoms with van der Waals surface area (Å²) in [5.41, 5.74) is 3.00. The van der Waals surface area contributed by atoms with Crippen molar-refractivity contribution in [3.63, 3.8) is 0 Å². The smallest absolute Gasteiger partial charge is 0.460 e. The van der Waals surface area contributed by atoms with Gasteiger partial charge in [0.2, 0.25) is 0 Å². The second kappa shape index (κ2) is 11.5. The van der Waals surface area contributed by atoms with Gasteiger partial charge in [0.05, 0.1) is 0 Å². The molecule has 0 amide bonds. The Morgan fingerprint density at radius 3 is 1.59 bits per heavy atom. The van der Waals surface area contributed by atoms with Crippen molar-refractivity contribution in [3.05, 3.63) is 95.6 Å². The average Bonchev–Trinajstić information content (AvgIpc) is 2.82. The molecule has 1 atom stereocenters. The van der Waals surface area contributed by atoms with E-state index in [9.17, 15) is 9.36 Å². The van der Waals surface area contributed by atoms with E-state index < -0.39 is 19.8 Å². The Balaban J connectivity index is 1.79. The third kappa shape index (κ3) is 8.48. The van der Waals surface area contributed by atoms with Crippen LogP contribution in [0.1, 0.15) is 65.2 Å². The summed E-state index contributed by atoms with van der Waals surface area (Å²) in [6.45, 7) is 14.4. The molecule has 3 aromatic carbocycles. The molecule has 3 rings (SSSR count). The fourth-order valence-corrected chi connectivity index (χ4v) is 5.04. The molecule has 0 saturated carbocycles. The summed E-state index contributed by atoms with van der Waals surface area (Å²) in [4.78, 5) is 12.7. The highest BCUT2D eigenvalue weighted by Gasteiger charge is 2.34. The molecule has 0 radical (unpaired) electrons. The van der Waals surface area contributed by atoms with E-state index in [1.807, 2.05) is 54.6 Å². The van der Waals surface area contributed by atoms with E-state index in [2.05, 4.69) is 46.6 Å². The quantitative estimate of drug-likeness (QED) is 0.230. The maximum atomic E-state index is 13.9. The van der Waals surface area contributed by atoms with E-state index in [0.717, 1.165) is 16.7 Å². The van der Waals surface area contributed by atoms with Crippen molar-refractivity contribution in [1.29, 1.82) is 0 Å². The average molecular weight is 524 g/mol. The number of esters is 1. The molecular formula is C30H38NO5P. The minimum Gasteiger partial charge on any atom is -0.460 e. The van der Waals surface area contributed by atoms with Crippen LogP contribution in [0.25, 0.3) is 0 Å². The standard InChI is InChI=1S/C30H38NO5P/c1-22(28(32)34-21-23-11-9-8-10-12-23)31-37(33,35-26-17-13-24(14-18-26)29(2,3)4)36-27-19-15-25(16-20-27)30(5,6)7/h8-20,22H,21H2,1-7H3,(H,31,33)/t22-/m0/s1. The molecule has 198 valence electrons. The number of hydrogen-bond donors (Lipinski definition) is 1. The van der Waals surface area contributed by atoms with Crippen LogP contribution >= 0.6 is 7.75 Å². The van der Waals surface area contributed by atoms with E-state index in [1.165, 1.54) is 0 Å². The largest absolute Gasteiger partial charge is 0.513 e. The first kappa shape index (κ1) is 28.5. The number of ether oxygens (including phenoxy) is 1. The summed E-state index contributed by atoms with van der Waals surface area (Å²) >= 11 is 0. The van der Waals surface area contributed by atoms with E-state index >= 15 is 0 Å². The minimum absolute atomic E-state index is 0.0389. The van der Waals surface area contributed by atoms with Crippen LogP contribution in [0, 0.1) is 0 Å². The van der Waals surface area contributed by atoms with Crippen LogP contribution < -0.4 is 14.1 Å². The summed E-state index contributed by atoms with van der Waals surface area (Å²) in [6, 6.07) is 23.1. The summed E-state index contributed by atoms with van der Waals surface area (Å²) in [5, 5.41) is 2.75. The molecule has 3 aromatic rings. The van der Waals surface area contributed by atoms with Gasteiger partial charge < -0.3 is 13.8 Å². The maximum Gasteiger partial charge on any atom is 0.513 e. The summed E-state index contributed by atoms with van der Waals surface area (Å²) < 4.78 is 31.1. The minimum atomic E-state index is -4.03. The van der Waals surface area contributed by atoms with Crippen LogP contribution in [0.2, 0.25) is 0 Å². The van der Waals surface area contributed by atoms with Crippen LogP contribution in [0.15, 0.2) is 78.9 Å². The van der Waals surface area contributed by atoms with Crippen molar-refractivity contribution in [3.8, 4) is 11.5 Å². The molecule has 0 unspecified atom stereocenters. The number of rotatable bonds is 9. The van der Waals surface area contributed by atoms with Gasteiger partial charge in [-0.05, 0) is 58.7 Å². The van der Waals surface area contributed by atoms with E-state index in [-0.39, 0.29) is 17.4 Å². The number of carbonyl (C=O) groups excluding carboxylic acids is 1. The van der Waals surface area contributed by atoms with E-state index in [4.69, 9.17) is 13.8 Å². The first-order chi connectivity index (χ1) is 17.2. The maximum absolute atomic E-state index is 13.9. The summed E-state index contributed by atoms with van der Waals surface area (Å²) in [7, 11) is -4.03. The SMILES string of the molecule is C[C@H](NP(=O)(Oc1ccc(C(C)(C)C)cc1)Oc1ccc(C(C)(C)C)cc1)C(=O)OCc1ccccc1. The Bertz CT molecular complexity index is 1150. The molecule has 7 heteroatoms. The molecular weight excluding hydrogens is 485 g/mol. The molecule has 0 spiro atoms. The lowest BCUT2D eigenvalue weighted by atomic mass is 9.87. The highest BCUT2D eigenvalue weighted by atomic mass is 31.2. The zero-order valence-corrected chi connectivity index (χ0v) is 23.7. The number of nitrogens with one attached hydrogen (secondary N) is 1. The Labute approximate surface area is 220 Å². The molecule has 0 heterocycles. The predicted octanol–water partition coefficient (Wildman–Crippen LogP) is 7.57. The second-order valence-corrected chi connectivity index (χ2v) is 12.8. The highest BCUT2D eigenvalue weighted by molar-refractivity contribution is 7.52. The third-order valence-electron chi connectivity index (χ3n) is 5.82. The molecule has 37 heavy (non-hydrogen) atoms. The van der Waals surface area contributed by atoms with Crippen molar-refractivity contribution < 1.29 is 23.1 Å². The van der Waals surface area contributed by atoms with Crippen molar-refractivity contribution in [2.45, 2.75) is 71.9 Å². The van der Waals surface area contributed by atoms with Gasteiger partial charge in [-0.1, -0.05) is 96.1 Å². The van der Waals surface area contributed by atoms with Crippen molar-refractivity contribution >= 4 is 13.7 Å². The van der Waals surface area contributed by atoms with Gasteiger partial charge in [-0.25, -0.2) is 4.57 Å². The fraction of sp³-hybridized carbons (Fsp3) is 0.367. The topological polar surface area (TPSA) is 73.9 Å². The molecule has 1 N–H and O–H groups in total. The molecule has 0 fully saturated rings. The molecule has 0 aliphatic carbocycles. The highest BCUT2D eigenvalue weighted by Crippen LogP contribution is 2.46. The zero-order valence-electron chi connectivity index (χ0n) is 22.8. The lowest BCUT2D eigenvalue weighted by Crippen LogP contribution is -2.35. The third-order valence-corrected chi connectivity index (χ3v) is 7.43. The molecule has 0 bridgehead atoms. The summed E-state index contributed by atoms with van der Waals surface area (Å²) in [6.07, 6.45) is 0. The van der Waals surface area contributed by atoms with Crippen LogP contribution in [-0.4, -0.2) is 12.0 Å². The van der Waals surface area contributed by atoms with Crippen LogP contribution in [-0.2, 0) is 31.5 Å². The van der Waals surface area contributed by atoms with Crippen LogP contribution in [0.4, 0.5) is 0 Å². The number of carbonyl (C=O) groups is 1. The molecule has 6 nitrogen and oxygen atoms in total. The Hall–Kier alpha value is -3.08. The van der Waals surface area contributed by atoms with Gasteiger partial charge >= 0.3 is 13.7 Å². The normalized spacial score (nSPS) is 13.1. The van der Waals surface area contributed by atoms with Crippen molar-refractivity contribution in [2.75, 3.05) is 0 Å². The number of benzene rings is 3. The summed E-state index contributed by atoms with van der Waals surface area (Å²) in [5.74, 6) is 0.155. The predicted molar refractivity (Wildman–Crippen MR) is 148 cm³/mol. The van der Waals surface area contributed by atoms with Crippen LogP contribution in [0.5, 0.6) is 11.5 Å². The van der Waals surface area contributed by atoms with Gasteiger partial charge in [0, 0.05) is 0 Å². The molecule has 0 aliphatic rings. The molecule has 0 saturated heterocycles. The van der Waals surface area contributed by atoms with Gasteiger partial charge in [-0.2, -0.15) is 5.09 Å². The van der Waals surface area contributed by atoms with E-state index in [1.54, 1.807) is 31.2 Å². The second-order valence-electron chi connectivity index (χ2n) is 11.2. The van der Waals surface area contributed by atoms with Crippen molar-refractivity contribution in [2.24, 2.45) is 0 Å². The molecule has 0 aliphatic heterocycles. The Morgan fingerprint density at radius 2 is 1.19 bits per heavy atom. The Kier molecular flexibility index (Phi) is 8.88. The number of hydrogen-bond acceptors (Lipinski definition) is 5.